The summed E-state index contributed by atoms with van der Waals surface area (Å²) in [4.78, 5) is 16.9. The van der Waals surface area contributed by atoms with Crippen LogP contribution in [-0.2, 0) is 11.2 Å². The topological polar surface area (TPSA) is 86.5 Å². The second-order valence-corrected chi connectivity index (χ2v) is 7.74. The fourth-order valence-corrected chi connectivity index (χ4v) is 4.16. The third-order valence-electron chi connectivity index (χ3n) is 4.59. The first-order chi connectivity index (χ1) is 14.2. The van der Waals surface area contributed by atoms with Gasteiger partial charge in [0.25, 0.3) is 0 Å². The van der Waals surface area contributed by atoms with Crippen molar-refractivity contribution in [1.29, 1.82) is 0 Å². The van der Waals surface area contributed by atoms with Crippen molar-refractivity contribution in [1.82, 2.24) is 10.1 Å². The molecule has 5 rings (SSSR count). The lowest BCUT2D eigenvalue weighted by molar-refractivity contribution is -0.115. The Balaban J connectivity index is 1.29. The molecule has 8 heteroatoms. The number of hydrogen-bond donors (Lipinski definition) is 1. The Bertz CT molecular complexity index is 1210. The number of fused-ring (bicyclic) bond motifs is 2. The van der Waals surface area contributed by atoms with Crippen molar-refractivity contribution in [2.45, 2.75) is 13.3 Å². The second kappa shape index (κ2) is 7.21. The number of para-hydroxylation sites is 1. The van der Waals surface area contributed by atoms with Crippen molar-refractivity contribution in [3.8, 4) is 22.8 Å². The van der Waals surface area contributed by atoms with Gasteiger partial charge in [-0.15, -0.1) is 0 Å². The van der Waals surface area contributed by atoms with Crippen molar-refractivity contribution in [3.05, 3.63) is 53.7 Å². The lowest BCUT2D eigenvalue weighted by Crippen LogP contribution is -2.15. The summed E-state index contributed by atoms with van der Waals surface area (Å²) in [5.41, 5.74) is 3.36. The Morgan fingerprint density at radius 2 is 2.00 bits per heavy atom. The first kappa shape index (κ1) is 17.7. The molecule has 0 aliphatic carbocycles. The summed E-state index contributed by atoms with van der Waals surface area (Å²) in [6.07, 6.45) is 0.100. The maximum absolute atomic E-state index is 12.4. The van der Waals surface area contributed by atoms with Crippen LogP contribution in [0.2, 0.25) is 0 Å². The van der Waals surface area contributed by atoms with Gasteiger partial charge in [0.1, 0.15) is 13.2 Å². The van der Waals surface area contributed by atoms with Gasteiger partial charge in [-0.05, 0) is 36.8 Å². The average Bonchev–Trinajstić information content (AvgIpc) is 3.35. The molecule has 0 radical (unpaired) electrons. The highest BCUT2D eigenvalue weighted by Gasteiger charge is 2.16. The molecule has 0 bridgehead atoms. The van der Waals surface area contributed by atoms with Gasteiger partial charge in [0, 0.05) is 11.6 Å². The van der Waals surface area contributed by atoms with Crippen LogP contribution in [0.5, 0.6) is 11.5 Å². The summed E-state index contributed by atoms with van der Waals surface area (Å²) in [5.74, 6) is 1.77. The molecular weight excluding hydrogens is 390 g/mol. The minimum absolute atomic E-state index is 0.100. The number of nitrogens with one attached hydrogen (secondary N) is 1. The monoisotopic (exact) mass is 407 g/mol. The van der Waals surface area contributed by atoms with Crippen molar-refractivity contribution in [3.63, 3.8) is 0 Å². The zero-order chi connectivity index (χ0) is 19.8. The summed E-state index contributed by atoms with van der Waals surface area (Å²) < 4.78 is 17.6. The minimum atomic E-state index is -0.191. The number of rotatable bonds is 4. The Kier molecular flexibility index (Phi) is 4.40. The molecule has 2 aromatic carbocycles. The normalized spacial score (nSPS) is 12.9. The van der Waals surface area contributed by atoms with E-state index in [2.05, 4.69) is 15.5 Å². The van der Waals surface area contributed by atoms with Crippen LogP contribution >= 0.6 is 11.3 Å². The third kappa shape index (κ3) is 3.54. The first-order valence-electron chi connectivity index (χ1n) is 9.17. The molecule has 0 atom stereocenters. The standard InChI is InChI=1S/C21H17N3O4S/c1-12-3-2-4-18-20(12)23-21(29-18)22-19(25)11-14-10-16(28-24-14)13-5-6-15-17(9-13)27-8-7-26-15/h2-6,9-10H,7-8,11H2,1H3,(H,22,23,25). The number of hydrogen-bond acceptors (Lipinski definition) is 7. The minimum Gasteiger partial charge on any atom is -0.486 e. The molecule has 0 spiro atoms. The Morgan fingerprint density at radius 3 is 2.86 bits per heavy atom. The molecule has 1 aliphatic rings. The van der Waals surface area contributed by atoms with Crippen LogP contribution in [-0.4, -0.2) is 29.3 Å². The van der Waals surface area contributed by atoms with Crippen LogP contribution in [0.15, 0.2) is 47.0 Å². The third-order valence-corrected chi connectivity index (χ3v) is 5.53. The second-order valence-electron chi connectivity index (χ2n) is 6.71. The lowest BCUT2D eigenvalue weighted by Gasteiger charge is -2.18. The average molecular weight is 407 g/mol. The zero-order valence-corrected chi connectivity index (χ0v) is 16.4. The van der Waals surface area contributed by atoms with E-state index in [1.807, 2.05) is 43.3 Å². The van der Waals surface area contributed by atoms with Crippen LogP contribution in [0.4, 0.5) is 5.13 Å². The van der Waals surface area contributed by atoms with E-state index in [9.17, 15) is 4.79 Å². The van der Waals surface area contributed by atoms with Gasteiger partial charge in [-0.2, -0.15) is 0 Å². The first-order valence-corrected chi connectivity index (χ1v) is 9.99. The number of benzene rings is 2. The van der Waals surface area contributed by atoms with Crippen molar-refractivity contribution < 1.29 is 18.8 Å². The molecule has 2 aromatic heterocycles. The Morgan fingerprint density at radius 1 is 1.14 bits per heavy atom. The lowest BCUT2D eigenvalue weighted by atomic mass is 10.1. The number of anilines is 1. The van der Waals surface area contributed by atoms with Crippen LogP contribution < -0.4 is 14.8 Å². The SMILES string of the molecule is Cc1cccc2sc(NC(=O)Cc3cc(-c4ccc5c(c4)OCCO5)on3)nc12. The van der Waals surface area contributed by atoms with E-state index >= 15 is 0 Å². The fourth-order valence-electron chi connectivity index (χ4n) is 3.20. The highest BCUT2D eigenvalue weighted by molar-refractivity contribution is 7.22. The molecule has 1 amide bonds. The highest BCUT2D eigenvalue weighted by Crippen LogP contribution is 2.34. The molecule has 3 heterocycles. The quantitative estimate of drug-likeness (QED) is 0.545. The summed E-state index contributed by atoms with van der Waals surface area (Å²) >= 11 is 1.45. The van der Waals surface area contributed by atoms with Crippen LogP contribution in [0.3, 0.4) is 0 Å². The van der Waals surface area contributed by atoms with Gasteiger partial charge in [-0.25, -0.2) is 4.98 Å². The van der Waals surface area contributed by atoms with Crippen molar-refractivity contribution in [2.75, 3.05) is 18.5 Å². The maximum atomic E-state index is 12.4. The van der Waals surface area contributed by atoms with Gasteiger partial charge < -0.3 is 19.3 Å². The van der Waals surface area contributed by atoms with E-state index < -0.39 is 0 Å². The van der Waals surface area contributed by atoms with Crippen LogP contribution in [0, 0.1) is 6.92 Å². The van der Waals surface area contributed by atoms with Gasteiger partial charge in [0.05, 0.1) is 22.3 Å². The number of ether oxygens (including phenoxy) is 2. The molecule has 1 aliphatic heterocycles. The number of amides is 1. The number of aromatic nitrogens is 2. The summed E-state index contributed by atoms with van der Waals surface area (Å²) in [5, 5.41) is 7.44. The van der Waals surface area contributed by atoms with Gasteiger partial charge in [-0.1, -0.05) is 28.6 Å². The Labute approximate surface area is 170 Å². The van der Waals surface area contributed by atoms with E-state index in [-0.39, 0.29) is 12.3 Å². The van der Waals surface area contributed by atoms with Crippen LogP contribution in [0.1, 0.15) is 11.3 Å². The molecule has 146 valence electrons. The highest BCUT2D eigenvalue weighted by atomic mass is 32.1. The van der Waals surface area contributed by atoms with Gasteiger partial charge >= 0.3 is 0 Å². The van der Waals surface area contributed by atoms with Gasteiger partial charge in [-0.3, -0.25) is 4.79 Å². The largest absolute Gasteiger partial charge is 0.486 e. The number of nitrogens with zero attached hydrogens (tertiary/aromatic N) is 2. The molecule has 0 fully saturated rings. The molecule has 1 N–H and O–H groups in total. The smallest absolute Gasteiger partial charge is 0.232 e. The predicted octanol–water partition coefficient (Wildman–Crippen LogP) is 4.21. The van der Waals surface area contributed by atoms with Crippen LogP contribution in [0.25, 0.3) is 21.5 Å². The fraction of sp³-hybridized carbons (Fsp3) is 0.190. The predicted molar refractivity (Wildman–Crippen MR) is 110 cm³/mol. The van der Waals surface area contributed by atoms with E-state index in [0.717, 1.165) is 21.3 Å². The van der Waals surface area contributed by atoms with E-state index in [0.29, 0.717) is 41.3 Å². The van der Waals surface area contributed by atoms with Gasteiger partial charge in [0.2, 0.25) is 5.91 Å². The van der Waals surface area contributed by atoms with E-state index in [1.54, 1.807) is 6.07 Å². The Hall–Kier alpha value is -3.39. The molecular formula is C21H17N3O4S. The van der Waals surface area contributed by atoms with Crippen molar-refractivity contribution >= 4 is 32.6 Å². The number of thiazole rings is 1. The summed E-state index contributed by atoms with van der Waals surface area (Å²) in [6, 6.07) is 13.3. The number of aryl methyl sites for hydroxylation is 1. The number of carbonyl (C=O) groups is 1. The maximum Gasteiger partial charge on any atom is 0.232 e. The van der Waals surface area contributed by atoms with E-state index in [4.69, 9.17) is 14.0 Å². The van der Waals surface area contributed by atoms with Crippen molar-refractivity contribution in [2.24, 2.45) is 0 Å². The zero-order valence-electron chi connectivity index (χ0n) is 15.6. The molecule has 0 saturated heterocycles. The summed E-state index contributed by atoms with van der Waals surface area (Å²) in [7, 11) is 0. The molecule has 4 aromatic rings. The van der Waals surface area contributed by atoms with E-state index in [1.165, 1.54) is 11.3 Å². The molecule has 0 unspecified atom stereocenters. The molecule has 7 nitrogen and oxygen atoms in total. The molecule has 29 heavy (non-hydrogen) atoms. The summed E-state index contributed by atoms with van der Waals surface area (Å²) in [6.45, 7) is 3.06. The van der Waals surface area contributed by atoms with Gasteiger partial charge in [0.15, 0.2) is 22.4 Å². The molecule has 0 saturated carbocycles. The number of carbonyl (C=O) groups excluding carboxylic acids is 1.